The Morgan fingerprint density at radius 1 is 0.950 bits per heavy atom. The third-order valence-electron chi connectivity index (χ3n) is 7.16. The first-order chi connectivity index (χ1) is 19.1. The molecule has 0 aromatic heterocycles. The van der Waals surface area contributed by atoms with E-state index >= 15 is 0 Å². The number of amides is 2. The van der Waals surface area contributed by atoms with Crippen LogP contribution in [-0.4, -0.2) is 43.8 Å². The lowest BCUT2D eigenvalue weighted by molar-refractivity contribution is -0.139. The van der Waals surface area contributed by atoms with Gasteiger partial charge in [-0.1, -0.05) is 72.4 Å². The minimum atomic E-state index is -4.12. The maximum atomic E-state index is 14.1. The van der Waals surface area contributed by atoms with Gasteiger partial charge in [-0.25, -0.2) is 8.42 Å². The van der Waals surface area contributed by atoms with E-state index in [0.29, 0.717) is 21.3 Å². The van der Waals surface area contributed by atoms with Crippen molar-refractivity contribution in [2.75, 3.05) is 10.8 Å². The molecule has 40 heavy (non-hydrogen) atoms. The highest BCUT2D eigenvalue weighted by atomic mass is 35.5. The standard InChI is InChI=1S/C30H33Cl2N3O4S/c1-21-10-8-13-24(18-21)35(40(38,39)25-14-4-3-5-15-25)20-29(36)34(19-26-27(31)16-9-17-28(26)32)22(2)30(37)33-23-11-6-7-12-23/h3-5,8-10,13-18,22-23H,6-7,11-12,19-20H2,1-2H3,(H,33,37)/t22-/m0/s1. The van der Waals surface area contributed by atoms with Gasteiger partial charge < -0.3 is 10.2 Å². The van der Waals surface area contributed by atoms with E-state index in [2.05, 4.69) is 5.32 Å². The largest absolute Gasteiger partial charge is 0.352 e. The molecule has 0 unspecified atom stereocenters. The molecule has 1 aliphatic rings. The Kier molecular flexibility index (Phi) is 9.77. The first-order valence-corrected chi connectivity index (χ1v) is 15.4. The second kappa shape index (κ2) is 13.1. The van der Waals surface area contributed by atoms with Crippen molar-refractivity contribution in [1.29, 1.82) is 0 Å². The number of rotatable bonds is 10. The molecule has 0 bridgehead atoms. The Balaban J connectivity index is 1.71. The second-order valence-electron chi connectivity index (χ2n) is 10.1. The number of hydrogen-bond donors (Lipinski definition) is 1. The quantitative estimate of drug-likeness (QED) is 0.310. The number of anilines is 1. The summed E-state index contributed by atoms with van der Waals surface area (Å²) < 4.78 is 28.8. The summed E-state index contributed by atoms with van der Waals surface area (Å²) in [5, 5.41) is 3.74. The number of benzene rings is 3. The molecule has 0 saturated heterocycles. The fraction of sp³-hybridized carbons (Fsp3) is 0.333. The minimum absolute atomic E-state index is 0.0528. The number of aryl methyl sites for hydroxylation is 1. The Hall–Kier alpha value is -3.07. The SMILES string of the molecule is Cc1cccc(N(CC(=O)N(Cc2c(Cl)cccc2Cl)[C@@H](C)C(=O)NC2CCCC2)S(=O)(=O)c2ccccc2)c1. The van der Waals surface area contributed by atoms with Gasteiger partial charge in [0.05, 0.1) is 10.6 Å². The van der Waals surface area contributed by atoms with Gasteiger partial charge in [0.2, 0.25) is 11.8 Å². The number of carbonyl (C=O) groups is 2. The third-order valence-corrected chi connectivity index (χ3v) is 9.66. The van der Waals surface area contributed by atoms with Gasteiger partial charge in [0.1, 0.15) is 12.6 Å². The molecule has 1 atom stereocenters. The fourth-order valence-corrected chi connectivity index (χ4v) is 6.80. The van der Waals surface area contributed by atoms with Gasteiger partial charge in [-0.15, -0.1) is 0 Å². The van der Waals surface area contributed by atoms with E-state index in [0.717, 1.165) is 35.6 Å². The summed E-state index contributed by atoms with van der Waals surface area (Å²) in [4.78, 5) is 28.8. The Morgan fingerprint density at radius 3 is 2.20 bits per heavy atom. The van der Waals surface area contributed by atoms with Crippen LogP contribution in [0.1, 0.15) is 43.7 Å². The average Bonchev–Trinajstić information content (AvgIpc) is 3.44. The van der Waals surface area contributed by atoms with Crippen molar-refractivity contribution in [3.05, 3.63) is 94.0 Å². The molecule has 7 nitrogen and oxygen atoms in total. The predicted molar refractivity (Wildman–Crippen MR) is 159 cm³/mol. The molecule has 2 amide bonds. The van der Waals surface area contributed by atoms with E-state index in [1.165, 1.54) is 17.0 Å². The van der Waals surface area contributed by atoms with E-state index in [9.17, 15) is 18.0 Å². The number of hydrogen-bond acceptors (Lipinski definition) is 4. The van der Waals surface area contributed by atoms with E-state index in [1.807, 2.05) is 13.0 Å². The summed E-state index contributed by atoms with van der Waals surface area (Å²) in [6.45, 7) is 2.89. The van der Waals surface area contributed by atoms with Gasteiger partial charge in [-0.3, -0.25) is 13.9 Å². The molecular weight excluding hydrogens is 569 g/mol. The molecule has 4 rings (SSSR count). The van der Waals surface area contributed by atoms with Crippen molar-refractivity contribution in [1.82, 2.24) is 10.2 Å². The molecule has 1 N–H and O–H groups in total. The van der Waals surface area contributed by atoms with E-state index in [1.54, 1.807) is 61.5 Å². The highest BCUT2D eigenvalue weighted by Crippen LogP contribution is 2.29. The lowest BCUT2D eigenvalue weighted by atomic mass is 10.1. The average molecular weight is 603 g/mol. The number of nitrogens with zero attached hydrogens (tertiary/aromatic N) is 2. The summed E-state index contributed by atoms with van der Waals surface area (Å²) in [7, 11) is -4.12. The molecule has 0 spiro atoms. The van der Waals surface area contributed by atoms with Crippen molar-refractivity contribution in [2.24, 2.45) is 0 Å². The zero-order valence-corrected chi connectivity index (χ0v) is 24.8. The zero-order valence-electron chi connectivity index (χ0n) is 22.5. The summed E-state index contributed by atoms with van der Waals surface area (Å²) >= 11 is 12.9. The van der Waals surface area contributed by atoms with Crippen LogP contribution >= 0.6 is 23.2 Å². The van der Waals surface area contributed by atoms with Gasteiger partial charge in [-0.2, -0.15) is 0 Å². The van der Waals surface area contributed by atoms with Crippen LogP contribution < -0.4 is 9.62 Å². The topological polar surface area (TPSA) is 86.8 Å². The zero-order chi connectivity index (χ0) is 28.9. The van der Waals surface area contributed by atoms with Crippen molar-refractivity contribution in [2.45, 2.75) is 63.1 Å². The highest BCUT2D eigenvalue weighted by Gasteiger charge is 2.34. The van der Waals surface area contributed by atoms with Crippen LogP contribution in [0, 0.1) is 6.92 Å². The summed E-state index contributed by atoms with van der Waals surface area (Å²) in [6, 6.07) is 19.1. The molecule has 212 valence electrons. The van der Waals surface area contributed by atoms with Crippen molar-refractivity contribution in [3.8, 4) is 0 Å². The van der Waals surface area contributed by atoms with Crippen LogP contribution in [0.5, 0.6) is 0 Å². The van der Waals surface area contributed by atoms with E-state index in [4.69, 9.17) is 23.2 Å². The molecule has 10 heteroatoms. The van der Waals surface area contributed by atoms with Crippen molar-refractivity contribution < 1.29 is 18.0 Å². The summed E-state index contributed by atoms with van der Waals surface area (Å²) in [6.07, 6.45) is 3.86. The number of halogens is 2. The molecule has 1 aliphatic carbocycles. The van der Waals surface area contributed by atoms with Gasteiger partial charge >= 0.3 is 0 Å². The molecular formula is C30H33Cl2N3O4S. The van der Waals surface area contributed by atoms with Crippen LogP contribution in [-0.2, 0) is 26.2 Å². The normalized spacial score (nSPS) is 14.5. The minimum Gasteiger partial charge on any atom is -0.352 e. The van der Waals surface area contributed by atoms with E-state index in [-0.39, 0.29) is 23.4 Å². The summed E-state index contributed by atoms with van der Waals surface area (Å²) in [5.74, 6) is -0.873. The first kappa shape index (κ1) is 29.9. The number of sulfonamides is 1. The van der Waals surface area contributed by atoms with Crippen LogP contribution in [0.25, 0.3) is 0 Å². The smallest absolute Gasteiger partial charge is 0.264 e. The maximum absolute atomic E-state index is 14.1. The van der Waals surface area contributed by atoms with E-state index < -0.39 is 28.5 Å². The van der Waals surface area contributed by atoms with Gasteiger partial charge in [0, 0.05) is 28.2 Å². The predicted octanol–water partition coefficient (Wildman–Crippen LogP) is 5.97. The second-order valence-corrected chi connectivity index (χ2v) is 12.7. The summed E-state index contributed by atoms with van der Waals surface area (Å²) in [5.41, 5.74) is 1.66. The first-order valence-electron chi connectivity index (χ1n) is 13.2. The molecule has 0 aliphatic heterocycles. The van der Waals surface area contributed by atoms with Crippen LogP contribution in [0.3, 0.4) is 0 Å². The molecule has 0 radical (unpaired) electrons. The van der Waals surface area contributed by atoms with Crippen molar-refractivity contribution in [3.63, 3.8) is 0 Å². The Morgan fingerprint density at radius 2 is 1.57 bits per heavy atom. The van der Waals surface area contributed by atoms with Crippen LogP contribution in [0.2, 0.25) is 10.0 Å². The fourth-order valence-electron chi connectivity index (χ4n) is 4.86. The maximum Gasteiger partial charge on any atom is 0.264 e. The lowest BCUT2D eigenvalue weighted by Gasteiger charge is -2.33. The molecule has 1 fully saturated rings. The molecule has 0 heterocycles. The monoisotopic (exact) mass is 601 g/mol. The van der Waals surface area contributed by atoms with Gasteiger partial charge in [-0.05, 0) is 68.7 Å². The van der Waals surface area contributed by atoms with Gasteiger partial charge in [0.15, 0.2) is 0 Å². The Labute approximate surface area is 246 Å². The molecule has 3 aromatic rings. The molecule has 3 aromatic carbocycles. The van der Waals surface area contributed by atoms with Crippen molar-refractivity contribution >= 4 is 50.7 Å². The van der Waals surface area contributed by atoms with Gasteiger partial charge in [0.25, 0.3) is 10.0 Å². The number of carbonyl (C=O) groups excluding carboxylic acids is 2. The Bertz CT molecular complexity index is 1440. The lowest BCUT2D eigenvalue weighted by Crippen LogP contribution is -2.52. The molecule has 1 saturated carbocycles. The highest BCUT2D eigenvalue weighted by molar-refractivity contribution is 7.92. The number of nitrogens with one attached hydrogen (secondary N) is 1. The third kappa shape index (κ3) is 6.97. The van der Waals surface area contributed by atoms with Crippen LogP contribution in [0.4, 0.5) is 5.69 Å². The van der Waals surface area contributed by atoms with Crippen LogP contribution in [0.15, 0.2) is 77.7 Å².